The maximum absolute atomic E-state index is 12.5. The maximum atomic E-state index is 12.5. The van der Waals surface area contributed by atoms with Crippen LogP contribution >= 0.6 is 0 Å². The molecule has 0 saturated carbocycles. The Balaban J connectivity index is 2.19. The second-order valence-corrected chi connectivity index (χ2v) is 8.67. The molecule has 1 heterocycles. The van der Waals surface area contributed by atoms with Gasteiger partial charge in [0.25, 0.3) is 0 Å². The van der Waals surface area contributed by atoms with Gasteiger partial charge in [-0.1, -0.05) is 51.7 Å². The third-order valence-electron chi connectivity index (χ3n) is 6.08. The Morgan fingerprint density at radius 1 is 1.00 bits per heavy atom. The number of ether oxygens (including phenoxy) is 1. The first kappa shape index (κ1) is 26.4. The number of unbranched alkanes of at least 4 members (excludes halogenated alkanes) is 8. The van der Waals surface area contributed by atoms with E-state index in [0.717, 1.165) is 75.7 Å². The van der Waals surface area contributed by atoms with E-state index in [1.54, 1.807) is 6.08 Å². The minimum absolute atomic E-state index is 0.166. The fourth-order valence-corrected chi connectivity index (χ4v) is 4.16. The standard InChI is InChI=1S/C25H45N2O3/c1-4-6-7-14-20-27(19-5-2)21-17-26(18-22-27)25(29)16-13-11-9-8-10-12-15-23-30-24(3)28/h5,13,16H,2,4,6-12,14-15,17-23H2,1,3H3/q+1/b16-13+. The van der Waals surface area contributed by atoms with E-state index in [1.165, 1.54) is 39.2 Å². The van der Waals surface area contributed by atoms with Crippen molar-refractivity contribution in [2.75, 3.05) is 45.9 Å². The number of piperazine rings is 1. The normalized spacial score (nSPS) is 16.0. The molecule has 5 nitrogen and oxygen atoms in total. The van der Waals surface area contributed by atoms with Crippen molar-refractivity contribution in [3.05, 3.63) is 24.8 Å². The highest BCUT2D eigenvalue weighted by Gasteiger charge is 2.32. The minimum atomic E-state index is -0.198. The number of quaternary nitrogens is 1. The molecular formula is C25H45N2O3+. The molecule has 0 aliphatic carbocycles. The zero-order valence-electron chi connectivity index (χ0n) is 19.6. The van der Waals surface area contributed by atoms with Crippen LogP contribution in [-0.2, 0) is 14.3 Å². The summed E-state index contributed by atoms with van der Waals surface area (Å²) in [4.78, 5) is 25.2. The van der Waals surface area contributed by atoms with Gasteiger partial charge in [0.05, 0.1) is 45.9 Å². The molecule has 1 fully saturated rings. The summed E-state index contributed by atoms with van der Waals surface area (Å²) in [5.74, 6) is -0.0328. The molecule has 5 heteroatoms. The van der Waals surface area contributed by atoms with E-state index >= 15 is 0 Å². The molecule has 0 aromatic carbocycles. The van der Waals surface area contributed by atoms with Gasteiger partial charge in [-0.05, 0) is 44.3 Å². The Morgan fingerprint density at radius 2 is 1.67 bits per heavy atom. The smallest absolute Gasteiger partial charge is 0.302 e. The van der Waals surface area contributed by atoms with Crippen LogP contribution < -0.4 is 0 Å². The molecule has 1 amide bonds. The number of carbonyl (C=O) groups excluding carboxylic acids is 2. The average Bonchev–Trinajstić information content (AvgIpc) is 2.73. The monoisotopic (exact) mass is 421 g/mol. The van der Waals surface area contributed by atoms with Crippen molar-refractivity contribution in [3.8, 4) is 0 Å². The van der Waals surface area contributed by atoms with Crippen molar-refractivity contribution in [3.63, 3.8) is 0 Å². The van der Waals surface area contributed by atoms with Gasteiger partial charge in [-0.3, -0.25) is 9.59 Å². The van der Waals surface area contributed by atoms with E-state index in [4.69, 9.17) is 4.74 Å². The lowest BCUT2D eigenvalue weighted by atomic mass is 10.1. The van der Waals surface area contributed by atoms with E-state index < -0.39 is 0 Å². The lowest BCUT2D eigenvalue weighted by Gasteiger charge is -2.44. The average molecular weight is 422 g/mol. The maximum Gasteiger partial charge on any atom is 0.302 e. The summed E-state index contributed by atoms with van der Waals surface area (Å²) in [5, 5.41) is 0. The van der Waals surface area contributed by atoms with Crippen LogP contribution in [0.4, 0.5) is 0 Å². The van der Waals surface area contributed by atoms with Gasteiger partial charge in [-0.15, -0.1) is 0 Å². The van der Waals surface area contributed by atoms with Gasteiger partial charge < -0.3 is 14.1 Å². The highest BCUT2D eigenvalue weighted by molar-refractivity contribution is 5.87. The molecule has 0 spiro atoms. The second kappa shape index (κ2) is 16.1. The zero-order valence-corrected chi connectivity index (χ0v) is 19.6. The van der Waals surface area contributed by atoms with Crippen molar-refractivity contribution < 1.29 is 18.8 Å². The van der Waals surface area contributed by atoms with E-state index in [9.17, 15) is 9.59 Å². The molecule has 30 heavy (non-hydrogen) atoms. The van der Waals surface area contributed by atoms with E-state index in [1.807, 2.05) is 17.1 Å². The van der Waals surface area contributed by atoms with Crippen LogP contribution in [0.5, 0.6) is 0 Å². The predicted octanol–water partition coefficient (Wildman–Crippen LogP) is 4.87. The number of hydrogen-bond acceptors (Lipinski definition) is 3. The molecule has 0 aromatic heterocycles. The van der Waals surface area contributed by atoms with Crippen LogP contribution in [0.25, 0.3) is 0 Å². The fraction of sp³-hybridized carbons (Fsp3) is 0.760. The largest absolute Gasteiger partial charge is 0.466 e. The molecule has 0 aromatic rings. The summed E-state index contributed by atoms with van der Waals surface area (Å²) in [6, 6.07) is 0. The Bertz CT molecular complexity index is 522. The second-order valence-electron chi connectivity index (χ2n) is 8.67. The van der Waals surface area contributed by atoms with Crippen molar-refractivity contribution in [1.82, 2.24) is 4.90 Å². The van der Waals surface area contributed by atoms with Crippen LogP contribution in [0.3, 0.4) is 0 Å². The van der Waals surface area contributed by atoms with Gasteiger partial charge in [0.1, 0.15) is 0 Å². The molecule has 0 N–H and O–H groups in total. The molecule has 0 atom stereocenters. The van der Waals surface area contributed by atoms with Gasteiger partial charge in [0.15, 0.2) is 0 Å². The van der Waals surface area contributed by atoms with Crippen molar-refractivity contribution >= 4 is 11.9 Å². The summed E-state index contributed by atoms with van der Waals surface area (Å²) in [5.41, 5.74) is 0. The van der Waals surface area contributed by atoms with Crippen LogP contribution in [0.15, 0.2) is 24.8 Å². The molecule has 1 rings (SSSR count). The quantitative estimate of drug-likeness (QED) is 0.117. The lowest BCUT2D eigenvalue weighted by Crippen LogP contribution is -2.60. The highest BCUT2D eigenvalue weighted by atomic mass is 16.5. The molecule has 1 aliphatic heterocycles. The van der Waals surface area contributed by atoms with Gasteiger partial charge in [-0.2, -0.15) is 0 Å². The molecule has 0 unspecified atom stereocenters. The molecule has 1 saturated heterocycles. The first-order chi connectivity index (χ1) is 14.5. The topological polar surface area (TPSA) is 46.6 Å². The lowest BCUT2D eigenvalue weighted by molar-refractivity contribution is -0.926. The van der Waals surface area contributed by atoms with E-state index in [-0.39, 0.29) is 11.9 Å². The fourth-order valence-electron chi connectivity index (χ4n) is 4.16. The van der Waals surface area contributed by atoms with Crippen LogP contribution in [-0.4, -0.2) is 67.1 Å². The first-order valence-electron chi connectivity index (χ1n) is 12.1. The SMILES string of the molecule is C=CC[N+]1(CCCCCC)CCN(C(=O)/C=C/CCCCCCCOC(C)=O)CC1. The molecule has 0 radical (unpaired) electrons. The zero-order chi connectivity index (χ0) is 22.1. The number of rotatable bonds is 16. The number of carbonyl (C=O) groups is 2. The van der Waals surface area contributed by atoms with Gasteiger partial charge in [0, 0.05) is 6.92 Å². The Kier molecular flexibility index (Phi) is 14.2. The van der Waals surface area contributed by atoms with Gasteiger partial charge >= 0.3 is 5.97 Å². The molecule has 0 bridgehead atoms. The Labute approximate surface area is 184 Å². The number of hydrogen-bond donors (Lipinski definition) is 0. The van der Waals surface area contributed by atoms with Crippen LogP contribution in [0.1, 0.15) is 78.1 Å². The summed E-state index contributed by atoms with van der Waals surface area (Å²) in [7, 11) is 0. The summed E-state index contributed by atoms with van der Waals surface area (Å²) < 4.78 is 6.02. The summed E-state index contributed by atoms with van der Waals surface area (Å²) in [6.45, 7) is 14.2. The van der Waals surface area contributed by atoms with Gasteiger partial charge in [-0.25, -0.2) is 0 Å². The highest BCUT2D eigenvalue weighted by Crippen LogP contribution is 2.17. The number of esters is 1. The van der Waals surface area contributed by atoms with Gasteiger partial charge in [0.2, 0.25) is 5.91 Å². The molecule has 1 aliphatic rings. The van der Waals surface area contributed by atoms with E-state index in [2.05, 4.69) is 13.5 Å². The van der Waals surface area contributed by atoms with Crippen molar-refractivity contribution in [2.24, 2.45) is 0 Å². The van der Waals surface area contributed by atoms with Crippen molar-refractivity contribution in [2.45, 2.75) is 78.1 Å². The third kappa shape index (κ3) is 11.5. The van der Waals surface area contributed by atoms with Crippen LogP contribution in [0, 0.1) is 0 Å². The predicted molar refractivity (Wildman–Crippen MR) is 124 cm³/mol. The van der Waals surface area contributed by atoms with Crippen molar-refractivity contribution in [1.29, 1.82) is 0 Å². The summed E-state index contributed by atoms with van der Waals surface area (Å²) >= 11 is 0. The Morgan fingerprint density at radius 3 is 2.33 bits per heavy atom. The van der Waals surface area contributed by atoms with E-state index in [0.29, 0.717) is 6.61 Å². The summed E-state index contributed by atoms with van der Waals surface area (Å²) in [6.07, 6.45) is 17.4. The Hall–Kier alpha value is -1.62. The third-order valence-corrected chi connectivity index (χ3v) is 6.08. The number of amides is 1. The molecule has 172 valence electrons. The minimum Gasteiger partial charge on any atom is -0.466 e. The van der Waals surface area contributed by atoms with Crippen LogP contribution in [0.2, 0.25) is 0 Å². The molecular weight excluding hydrogens is 376 g/mol. The first-order valence-corrected chi connectivity index (χ1v) is 12.1. The number of nitrogens with zero attached hydrogens (tertiary/aromatic N) is 2. The number of allylic oxidation sites excluding steroid dienone is 1.